The Morgan fingerprint density at radius 2 is 1.83 bits per heavy atom. The van der Waals surface area contributed by atoms with E-state index in [1.807, 2.05) is 48.5 Å². The van der Waals surface area contributed by atoms with Gasteiger partial charge in [0.1, 0.15) is 5.52 Å². The van der Waals surface area contributed by atoms with Gasteiger partial charge in [-0.1, -0.05) is 59.2 Å². The number of aromatic nitrogens is 2. The predicted molar refractivity (Wildman–Crippen MR) is 120 cm³/mol. The number of fused-ring (bicyclic) bond motifs is 1. The molecule has 0 aliphatic carbocycles. The molecule has 0 saturated heterocycles. The fourth-order valence-corrected chi connectivity index (χ4v) is 3.97. The van der Waals surface area contributed by atoms with Crippen molar-refractivity contribution in [1.82, 2.24) is 14.9 Å². The Bertz CT molecular complexity index is 1130. The van der Waals surface area contributed by atoms with Crippen LogP contribution in [0.4, 0.5) is 0 Å². The summed E-state index contributed by atoms with van der Waals surface area (Å²) in [5.41, 5.74) is 3.17. The van der Waals surface area contributed by atoms with Crippen LogP contribution in [0.1, 0.15) is 11.3 Å². The summed E-state index contributed by atoms with van der Waals surface area (Å²) in [5, 5.41) is 1.41. The molecule has 2 aromatic carbocycles. The van der Waals surface area contributed by atoms with Gasteiger partial charge in [0.2, 0.25) is 5.91 Å². The van der Waals surface area contributed by atoms with Crippen molar-refractivity contribution in [1.29, 1.82) is 0 Å². The van der Waals surface area contributed by atoms with E-state index in [9.17, 15) is 4.79 Å². The van der Waals surface area contributed by atoms with Gasteiger partial charge in [0.15, 0.2) is 5.58 Å². The number of nitrogens with zero attached hydrogens (tertiary/aromatic N) is 3. The number of benzene rings is 2. The summed E-state index contributed by atoms with van der Waals surface area (Å²) in [4.78, 5) is 23.5. The largest absolute Gasteiger partial charge is 0.431 e. The molecule has 4 aromatic rings. The third kappa shape index (κ3) is 5.14. The van der Waals surface area contributed by atoms with E-state index >= 15 is 0 Å². The smallest absolute Gasteiger partial charge is 0.257 e. The van der Waals surface area contributed by atoms with Crippen LogP contribution in [-0.4, -0.2) is 26.5 Å². The van der Waals surface area contributed by atoms with E-state index < -0.39 is 0 Å². The highest BCUT2D eigenvalue weighted by Crippen LogP contribution is 2.25. The minimum atomic E-state index is -0.0565. The van der Waals surface area contributed by atoms with Gasteiger partial charge in [0, 0.05) is 12.7 Å². The fourth-order valence-electron chi connectivity index (χ4n) is 2.91. The van der Waals surface area contributed by atoms with E-state index in [1.54, 1.807) is 23.2 Å². The molecular weight excluding hydrogens is 441 g/mol. The quantitative estimate of drug-likeness (QED) is 0.325. The molecule has 2 heterocycles. The summed E-state index contributed by atoms with van der Waals surface area (Å²) in [6, 6.07) is 18.5. The van der Waals surface area contributed by atoms with Gasteiger partial charge in [-0.05, 0) is 42.0 Å². The van der Waals surface area contributed by atoms with Crippen molar-refractivity contribution >= 4 is 52.0 Å². The summed E-state index contributed by atoms with van der Waals surface area (Å²) in [6.45, 7) is 0.772. The maximum absolute atomic E-state index is 13.0. The van der Waals surface area contributed by atoms with Crippen molar-refractivity contribution in [3.63, 3.8) is 0 Å². The van der Waals surface area contributed by atoms with Crippen molar-refractivity contribution in [2.24, 2.45) is 0 Å². The van der Waals surface area contributed by atoms with Gasteiger partial charge in [0.25, 0.3) is 5.22 Å². The lowest BCUT2D eigenvalue weighted by molar-refractivity contribution is -0.129. The second kappa shape index (κ2) is 9.51. The van der Waals surface area contributed by atoms with Crippen LogP contribution in [0.15, 0.2) is 76.5 Å². The number of amides is 1. The van der Waals surface area contributed by atoms with E-state index in [0.717, 1.165) is 16.8 Å². The number of pyridine rings is 1. The summed E-state index contributed by atoms with van der Waals surface area (Å²) in [6.07, 6.45) is 1.71. The summed E-state index contributed by atoms with van der Waals surface area (Å²) in [5.74, 6) is 0.139. The van der Waals surface area contributed by atoms with Crippen molar-refractivity contribution < 1.29 is 9.21 Å². The Labute approximate surface area is 188 Å². The zero-order chi connectivity index (χ0) is 20.9. The lowest BCUT2D eigenvalue weighted by Crippen LogP contribution is -2.31. The van der Waals surface area contributed by atoms with Gasteiger partial charge in [-0.2, -0.15) is 0 Å². The number of halogens is 2. The fraction of sp³-hybridized carbons (Fsp3) is 0.136. The first-order valence-electron chi connectivity index (χ1n) is 9.18. The summed E-state index contributed by atoms with van der Waals surface area (Å²) in [7, 11) is 0. The first-order chi connectivity index (χ1) is 14.6. The van der Waals surface area contributed by atoms with Crippen LogP contribution in [0.5, 0.6) is 0 Å². The predicted octanol–water partition coefficient (Wildman–Crippen LogP) is 5.85. The van der Waals surface area contributed by atoms with Crippen molar-refractivity contribution in [3.05, 3.63) is 88.2 Å². The standard InChI is InChI=1S/C22H17Cl2N3O2S/c23-17-9-8-15(11-18(17)24)12-27(13-16-5-3-4-10-25-16)21(28)14-30-22-26-19-6-1-2-7-20(19)29-22/h1-11H,12-14H2. The molecule has 0 unspecified atom stereocenters. The molecule has 8 heteroatoms. The van der Waals surface area contributed by atoms with E-state index in [2.05, 4.69) is 9.97 Å². The van der Waals surface area contributed by atoms with Crippen LogP contribution in [0.2, 0.25) is 10.0 Å². The Morgan fingerprint density at radius 3 is 2.60 bits per heavy atom. The van der Waals surface area contributed by atoms with Crippen molar-refractivity contribution in [3.8, 4) is 0 Å². The third-order valence-corrected chi connectivity index (χ3v) is 5.93. The molecule has 0 aliphatic heterocycles. The number of rotatable bonds is 7. The van der Waals surface area contributed by atoms with E-state index in [4.69, 9.17) is 27.6 Å². The molecule has 0 N–H and O–H groups in total. The molecule has 0 aliphatic rings. The topological polar surface area (TPSA) is 59.2 Å². The second-order valence-electron chi connectivity index (χ2n) is 6.56. The molecule has 0 spiro atoms. The zero-order valence-corrected chi connectivity index (χ0v) is 18.1. The normalized spacial score (nSPS) is 11.0. The van der Waals surface area contributed by atoms with Gasteiger partial charge < -0.3 is 9.32 Å². The molecule has 0 fully saturated rings. The van der Waals surface area contributed by atoms with E-state index in [0.29, 0.717) is 33.9 Å². The molecule has 4 rings (SSSR count). The van der Waals surface area contributed by atoms with Crippen molar-refractivity contribution in [2.75, 3.05) is 5.75 Å². The van der Waals surface area contributed by atoms with Gasteiger partial charge in [-0.3, -0.25) is 9.78 Å². The molecule has 0 atom stereocenters. The Balaban J connectivity index is 1.49. The first kappa shape index (κ1) is 20.7. The maximum Gasteiger partial charge on any atom is 0.257 e. The van der Waals surface area contributed by atoms with Gasteiger partial charge >= 0.3 is 0 Å². The highest BCUT2D eigenvalue weighted by atomic mass is 35.5. The van der Waals surface area contributed by atoms with E-state index in [-0.39, 0.29) is 11.7 Å². The Hall–Kier alpha value is -2.54. The zero-order valence-electron chi connectivity index (χ0n) is 15.8. The molecule has 5 nitrogen and oxygen atoms in total. The third-order valence-electron chi connectivity index (χ3n) is 4.38. The number of carbonyl (C=O) groups excluding carboxylic acids is 1. The first-order valence-corrected chi connectivity index (χ1v) is 10.9. The van der Waals surface area contributed by atoms with Crippen LogP contribution < -0.4 is 0 Å². The number of hydrogen-bond acceptors (Lipinski definition) is 5. The van der Waals surface area contributed by atoms with Crippen LogP contribution in [-0.2, 0) is 17.9 Å². The van der Waals surface area contributed by atoms with Crippen molar-refractivity contribution in [2.45, 2.75) is 18.3 Å². The maximum atomic E-state index is 13.0. The molecule has 1 amide bonds. The lowest BCUT2D eigenvalue weighted by Gasteiger charge is -2.22. The highest BCUT2D eigenvalue weighted by molar-refractivity contribution is 7.99. The highest BCUT2D eigenvalue weighted by Gasteiger charge is 2.18. The summed E-state index contributed by atoms with van der Waals surface area (Å²) >= 11 is 13.4. The molecule has 0 radical (unpaired) electrons. The number of oxazole rings is 1. The SMILES string of the molecule is O=C(CSc1nc2ccccc2o1)N(Cc1ccc(Cl)c(Cl)c1)Cc1ccccn1. The second-order valence-corrected chi connectivity index (χ2v) is 8.30. The minimum Gasteiger partial charge on any atom is -0.431 e. The molecule has 30 heavy (non-hydrogen) atoms. The number of para-hydroxylation sites is 2. The average molecular weight is 458 g/mol. The average Bonchev–Trinajstić information content (AvgIpc) is 3.18. The van der Waals surface area contributed by atoms with Crippen LogP contribution >= 0.6 is 35.0 Å². The van der Waals surface area contributed by atoms with Gasteiger partial charge in [-0.15, -0.1) is 0 Å². The number of carbonyl (C=O) groups is 1. The molecular formula is C22H17Cl2N3O2S. The molecule has 2 aromatic heterocycles. The Kier molecular flexibility index (Phi) is 6.57. The van der Waals surface area contributed by atoms with Gasteiger partial charge in [-0.25, -0.2) is 4.98 Å². The summed E-state index contributed by atoms with van der Waals surface area (Å²) < 4.78 is 5.70. The van der Waals surface area contributed by atoms with Crippen LogP contribution in [0.3, 0.4) is 0 Å². The number of hydrogen-bond donors (Lipinski definition) is 0. The van der Waals surface area contributed by atoms with E-state index in [1.165, 1.54) is 11.8 Å². The number of thioether (sulfide) groups is 1. The molecule has 0 saturated carbocycles. The van der Waals surface area contributed by atoms with Gasteiger partial charge in [0.05, 0.1) is 28.0 Å². The lowest BCUT2D eigenvalue weighted by atomic mass is 10.2. The Morgan fingerprint density at radius 1 is 1.00 bits per heavy atom. The monoisotopic (exact) mass is 457 g/mol. The van der Waals surface area contributed by atoms with Crippen LogP contribution in [0, 0.1) is 0 Å². The minimum absolute atomic E-state index is 0.0565. The molecule has 0 bridgehead atoms. The van der Waals surface area contributed by atoms with Crippen LogP contribution in [0.25, 0.3) is 11.1 Å². The molecule has 152 valence electrons.